The largest absolute Gasteiger partial charge is 0.0593 e. The molecule has 0 amide bonds. The van der Waals surface area contributed by atoms with Gasteiger partial charge in [0.2, 0.25) is 0 Å². The lowest BCUT2D eigenvalue weighted by molar-refractivity contribution is 0.280. The molecule has 1 atom stereocenters. The Hall–Kier alpha value is -0.520. The van der Waals surface area contributed by atoms with Gasteiger partial charge < -0.3 is 0 Å². The molecule has 0 aromatic heterocycles. The first kappa shape index (κ1) is 18.5. The zero-order chi connectivity index (χ0) is 17.0. The van der Waals surface area contributed by atoms with Gasteiger partial charge in [0.15, 0.2) is 0 Å². The Kier molecular flexibility index (Phi) is 4.41. The molecule has 21 heavy (non-hydrogen) atoms. The van der Waals surface area contributed by atoms with E-state index in [1.807, 2.05) is 0 Å². The average Bonchev–Trinajstić information content (AvgIpc) is 2.52. The lowest BCUT2D eigenvalue weighted by Crippen LogP contribution is -2.28. The Labute approximate surface area is 134 Å². The first-order valence-corrected chi connectivity index (χ1v) is 8.37. The second-order valence-electron chi connectivity index (χ2n) is 10.9. The van der Waals surface area contributed by atoms with E-state index in [9.17, 15) is 0 Å². The van der Waals surface area contributed by atoms with Gasteiger partial charge >= 0.3 is 0 Å². The summed E-state index contributed by atoms with van der Waals surface area (Å²) in [4.78, 5) is 0. The zero-order valence-electron chi connectivity index (χ0n) is 16.6. The molecule has 0 heterocycles. The fourth-order valence-electron chi connectivity index (χ4n) is 3.40. The fraction of sp³-hybridized carbons (Fsp3) is 0.810. The standard InChI is InChI=1S/C21H37/c1-18(2,3)14-13-15(19(4,5)6)17(21(10,11)12)16(14)20(7,8)9/h14H,1-12H3. The summed E-state index contributed by atoms with van der Waals surface area (Å²) >= 11 is 0. The number of hydrogen-bond acceptors (Lipinski definition) is 0. The molecule has 0 aromatic carbocycles. The second kappa shape index (κ2) is 5.00. The van der Waals surface area contributed by atoms with E-state index < -0.39 is 0 Å². The van der Waals surface area contributed by atoms with Crippen molar-refractivity contribution >= 4 is 0 Å². The maximum Gasteiger partial charge on any atom is 0.0114 e. The normalized spacial score (nSPS) is 21.9. The van der Waals surface area contributed by atoms with Crippen LogP contribution in [0.4, 0.5) is 0 Å². The van der Waals surface area contributed by atoms with E-state index in [4.69, 9.17) is 0 Å². The van der Waals surface area contributed by atoms with Crippen LogP contribution in [0.2, 0.25) is 0 Å². The monoisotopic (exact) mass is 289 g/mol. The van der Waals surface area contributed by atoms with E-state index in [0.29, 0.717) is 5.92 Å². The van der Waals surface area contributed by atoms with Gasteiger partial charge in [-0.15, -0.1) is 0 Å². The van der Waals surface area contributed by atoms with Crippen LogP contribution in [-0.4, -0.2) is 0 Å². The minimum atomic E-state index is 0.152. The number of rotatable bonds is 0. The molecule has 0 fully saturated rings. The third-order valence-electron chi connectivity index (χ3n) is 4.27. The van der Waals surface area contributed by atoms with Crippen molar-refractivity contribution in [3.05, 3.63) is 22.8 Å². The molecule has 0 bridgehead atoms. The highest BCUT2D eigenvalue weighted by atomic mass is 14.5. The summed E-state index contributed by atoms with van der Waals surface area (Å²) in [5, 5.41) is 0. The first-order chi connectivity index (χ1) is 8.97. The molecule has 1 unspecified atom stereocenters. The van der Waals surface area contributed by atoms with E-state index in [0.717, 1.165) is 0 Å². The van der Waals surface area contributed by atoms with Crippen molar-refractivity contribution in [2.24, 2.45) is 27.6 Å². The summed E-state index contributed by atoms with van der Waals surface area (Å²) in [6.07, 6.45) is 3.93. The van der Waals surface area contributed by atoms with E-state index in [1.54, 1.807) is 11.1 Å². The fourth-order valence-corrected chi connectivity index (χ4v) is 3.40. The van der Waals surface area contributed by atoms with Gasteiger partial charge in [-0.2, -0.15) is 0 Å². The van der Waals surface area contributed by atoms with Crippen molar-refractivity contribution in [1.29, 1.82) is 0 Å². The van der Waals surface area contributed by atoms with E-state index in [-0.39, 0.29) is 21.7 Å². The van der Waals surface area contributed by atoms with E-state index in [1.165, 1.54) is 5.57 Å². The molecule has 0 saturated heterocycles. The zero-order valence-corrected chi connectivity index (χ0v) is 16.6. The summed E-state index contributed by atoms with van der Waals surface area (Å²) in [5.74, 6) is 0.418. The summed E-state index contributed by atoms with van der Waals surface area (Å²) in [5.41, 5.74) is 5.32. The quantitative estimate of drug-likeness (QED) is 0.458. The van der Waals surface area contributed by atoms with Gasteiger partial charge in [-0.25, -0.2) is 0 Å². The van der Waals surface area contributed by atoms with Crippen LogP contribution in [0.3, 0.4) is 0 Å². The van der Waals surface area contributed by atoms with Crippen molar-refractivity contribution < 1.29 is 0 Å². The molecule has 0 aliphatic heterocycles. The third kappa shape index (κ3) is 3.82. The highest BCUT2D eigenvalue weighted by molar-refractivity contribution is 5.50. The lowest BCUT2D eigenvalue weighted by atomic mass is 9.66. The molecule has 0 saturated carbocycles. The highest BCUT2D eigenvalue weighted by Crippen LogP contribution is 2.56. The average molecular weight is 290 g/mol. The van der Waals surface area contributed by atoms with Crippen LogP contribution in [0.1, 0.15) is 83.1 Å². The van der Waals surface area contributed by atoms with Gasteiger partial charge in [-0.1, -0.05) is 88.7 Å². The smallest absolute Gasteiger partial charge is 0.0114 e. The minimum Gasteiger partial charge on any atom is -0.0593 e. The van der Waals surface area contributed by atoms with Gasteiger partial charge in [0, 0.05) is 5.92 Å². The van der Waals surface area contributed by atoms with Crippen LogP contribution in [0.15, 0.2) is 16.7 Å². The van der Waals surface area contributed by atoms with Gasteiger partial charge in [0.05, 0.1) is 0 Å². The molecule has 1 aliphatic carbocycles. The van der Waals surface area contributed by atoms with Crippen LogP contribution in [0.25, 0.3) is 0 Å². The lowest BCUT2D eigenvalue weighted by Gasteiger charge is -2.39. The molecule has 1 radical (unpaired) electrons. The van der Waals surface area contributed by atoms with Crippen molar-refractivity contribution in [3.63, 3.8) is 0 Å². The van der Waals surface area contributed by atoms with Crippen LogP contribution in [0, 0.1) is 33.7 Å². The van der Waals surface area contributed by atoms with Gasteiger partial charge in [-0.05, 0) is 38.9 Å². The molecule has 0 heteroatoms. The summed E-state index contributed by atoms with van der Waals surface area (Å²) in [7, 11) is 0. The van der Waals surface area contributed by atoms with Crippen LogP contribution < -0.4 is 0 Å². The van der Waals surface area contributed by atoms with Crippen molar-refractivity contribution in [2.75, 3.05) is 0 Å². The topological polar surface area (TPSA) is 0 Å². The maximum atomic E-state index is 3.93. The summed E-state index contributed by atoms with van der Waals surface area (Å²) in [6, 6.07) is 0. The molecule has 1 rings (SSSR count). The molecule has 0 aromatic rings. The molecular weight excluding hydrogens is 252 g/mol. The minimum absolute atomic E-state index is 0.152. The summed E-state index contributed by atoms with van der Waals surface area (Å²) < 4.78 is 0. The Morgan fingerprint density at radius 2 is 1.05 bits per heavy atom. The molecule has 0 nitrogen and oxygen atoms in total. The Morgan fingerprint density at radius 1 is 0.619 bits per heavy atom. The summed E-state index contributed by atoms with van der Waals surface area (Å²) in [6.45, 7) is 28.2. The van der Waals surface area contributed by atoms with Gasteiger partial charge in [0.1, 0.15) is 0 Å². The molecular formula is C21H37. The SMILES string of the molecule is CC(C)(C)C1=[C]C(C(C)(C)C)C(C(C)(C)C)=C1C(C)(C)C. The molecule has 1 aliphatic rings. The third-order valence-corrected chi connectivity index (χ3v) is 4.27. The number of allylic oxidation sites excluding steroid dienone is 4. The van der Waals surface area contributed by atoms with Crippen molar-refractivity contribution in [3.8, 4) is 0 Å². The Balaban J connectivity index is 3.73. The predicted octanol–water partition coefficient (Wildman–Crippen LogP) is 6.83. The number of hydrogen-bond donors (Lipinski definition) is 0. The highest BCUT2D eigenvalue weighted by Gasteiger charge is 2.44. The van der Waals surface area contributed by atoms with Crippen molar-refractivity contribution in [2.45, 2.75) is 83.1 Å². The molecule has 0 N–H and O–H groups in total. The van der Waals surface area contributed by atoms with Gasteiger partial charge in [0.25, 0.3) is 0 Å². The van der Waals surface area contributed by atoms with Crippen LogP contribution in [0.5, 0.6) is 0 Å². The predicted molar refractivity (Wildman–Crippen MR) is 95.1 cm³/mol. The van der Waals surface area contributed by atoms with Crippen LogP contribution >= 0.6 is 0 Å². The molecule has 0 spiro atoms. The maximum absolute atomic E-state index is 3.93. The van der Waals surface area contributed by atoms with E-state index in [2.05, 4.69) is 89.2 Å². The second-order valence-corrected chi connectivity index (χ2v) is 10.9. The van der Waals surface area contributed by atoms with Gasteiger partial charge in [-0.3, -0.25) is 0 Å². The Bertz CT molecular complexity index is 456. The molecule has 121 valence electrons. The van der Waals surface area contributed by atoms with Crippen molar-refractivity contribution in [1.82, 2.24) is 0 Å². The van der Waals surface area contributed by atoms with E-state index >= 15 is 0 Å². The van der Waals surface area contributed by atoms with Crippen LogP contribution in [-0.2, 0) is 0 Å². The Morgan fingerprint density at radius 3 is 1.29 bits per heavy atom. The first-order valence-electron chi connectivity index (χ1n) is 8.37.